The highest BCUT2D eigenvalue weighted by Crippen LogP contribution is 2.32. The molecule has 2 aliphatic rings. The summed E-state index contributed by atoms with van der Waals surface area (Å²) in [4.78, 5) is 0. The van der Waals surface area contributed by atoms with Gasteiger partial charge < -0.3 is 0 Å². The molecule has 2 aliphatic carbocycles. The van der Waals surface area contributed by atoms with Crippen molar-refractivity contribution < 1.29 is 0 Å². The molecule has 2 saturated carbocycles. The normalized spacial score (nSPS) is 38.6. The lowest BCUT2D eigenvalue weighted by Gasteiger charge is -2.28. The van der Waals surface area contributed by atoms with E-state index in [4.69, 9.17) is 0 Å². The van der Waals surface area contributed by atoms with Crippen LogP contribution in [0.15, 0.2) is 0 Å². The van der Waals surface area contributed by atoms with Crippen molar-refractivity contribution in [2.45, 2.75) is 68.2 Å². The smallest absolute Gasteiger partial charge is 0.0438 e. The molecule has 0 heteroatoms. The van der Waals surface area contributed by atoms with E-state index in [1.165, 1.54) is 25.7 Å². The molecule has 0 radical (unpaired) electrons. The molecule has 0 spiro atoms. The molecule has 0 bridgehead atoms. The fraction of sp³-hybridized carbons (Fsp3) is 1.00. The molecule has 0 atom stereocenters. The van der Waals surface area contributed by atoms with Crippen LogP contribution in [0.2, 0.25) is 0 Å². The molecule has 2 rings (SSSR count). The van der Waals surface area contributed by atoms with Gasteiger partial charge in [0.1, 0.15) is 0 Å². The second-order valence-electron chi connectivity index (χ2n) is 5.36. The third kappa shape index (κ3) is 5.67. The summed E-state index contributed by atoms with van der Waals surface area (Å²) in [6.45, 7) is 9.28. The quantitative estimate of drug-likeness (QED) is 0.492. The molecule has 14 heavy (non-hydrogen) atoms. The van der Waals surface area contributed by atoms with Crippen molar-refractivity contribution >= 4 is 0 Å². The first kappa shape index (κ1) is 16.4. The summed E-state index contributed by atoms with van der Waals surface area (Å²) in [5.74, 6) is 4.17. The van der Waals surface area contributed by atoms with E-state index >= 15 is 0 Å². The minimum atomic E-state index is 0. The predicted molar refractivity (Wildman–Crippen MR) is 68.6 cm³/mol. The maximum absolute atomic E-state index is 2.32. The van der Waals surface area contributed by atoms with Gasteiger partial charge in [0.05, 0.1) is 0 Å². The lowest BCUT2D eigenvalue weighted by atomic mass is 9.78. The van der Waals surface area contributed by atoms with Crippen molar-refractivity contribution in [2.24, 2.45) is 23.7 Å². The first-order chi connectivity index (χ1) is 5.58. The van der Waals surface area contributed by atoms with Crippen LogP contribution >= 0.6 is 0 Å². The maximum atomic E-state index is 2.32. The van der Waals surface area contributed by atoms with E-state index in [0.29, 0.717) is 0 Å². The predicted octanol–water partition coefficient (Wildman–Crippen LogP) is 5.38. The first-order valence-corrected chi connectivity index (χ1v) is 5.58. The second-order valence-corrected chi connectivity index (χ2v) is 5.36. The Morgan fingerprint density at radius 3 is 0.643 bits per heavy atom. The Labute approximate surface area is 92.5 Å². The van der Waals surface area contributed by atoms with E-state index in [9.17, 15) is 0 Å². The van der Waals surface area contributed by atoms with Gasteiger partial charge in [-0.15, -0.1) is 0 Å². The third-order valence-electron chi connectivity index (χ3n) is 3.22. The number of rotatable bonds is 0. The molecule has 88 valence electrons. The van der Waals surface area contributed by atoms with Crippen LogP contribution in [0.3, 0.4) is 0 Å². The fourth-order valence-electron chi connectivity index (χ4n) is 2.61. The molecular formula is C14H32. The van der Waals surface area contributed by atoms with Crippen LogP contribution in [0.4, 0.5) is 0 Å². The van der Waals surface area contributed by atoms with E-state index in [2.05, 4.69) is 27.7 Å². The summed E-state index contributed by atoms with van der Waals surface area (Å²) < 4.78 is 0. The SMILES string of the molecule is C.C.CC1CC(C)C1.CC1CC(C)C1. The number of hydrogen-bond acceptors (Lipinski definition) is 0. The Morgan fingerprint density at radius 2 is 0.643 bits per heavy atom. The van der Waals surface area contributed by atoms with Crippen molar-refractivity contribution in [1.82, 2.24) is 0 Å². The van der Waals surface area contributed by atoms with Crippen molar-refractivity contribution in [3.8, 4) is 0 Å². The first-order valence-electron chi connectivity index (χ1n) is 5.58. The van der Waals surface area contributed by atoms with Gasteiger partial charge in [-0.25, -0.2) is 0 Å². The second kappa shape index (κ2) is 7.31. The molecule has 0 N–H and O–H groups in total. The van der Waals surface area contributed by atoms with E-state index in [1.54, 1.807) is 0 Å². The summed E-state index contributed by atoms with van der Waals surface area (Å²) in [6.07, 6.45) is 5.89. The van der Waals surface area contributed by atoms with Gasteiger partial charge in [-0.2, -0.15) is 0 Å². The van der Waals surface area contributed by atoms with Gasteiger partial charge in [0.2, 0.25) is 0 Å². The highest BCUT2D eigenvalue weighted by Gasteiger charge is 2.20. The zero-order chi connectivity index (χ0) is 9.14. The molecule has 0 saturated heterocycles. The van der Waals surface area contributed by atoms with Gasteiger partial charge in [0.15, 0.2) is 0 Å². The highest BCUT2D eigenvalue weighted by molar-refractivity contribution is 4.71. The van der Waals surface area contributed by atoms with Crippen LogP contribution < -0.4 is 0 Å². The molecular weight excluding hydrogens is 168 g/mol. The molecule has 0 unspecified atom stereocenters. The monoisotopic (exact) mass is 200 g/mol. The van der Waals surface area contributed by atoms with E-state index in [0.717, 1.165) is 23.7 Å². The average Bonchev–Trinajstić information content (AvgIpc) is 1.84. The van der Waals surface area contributed by atoms with Crippen LogP contribution in [0.25, 0.3) is 0 Å². The highest BCUT2D eigenvalue weighted by atomic mass is 14.3. The van der Waals surface area contributed by atoms with E-state index in [-0.39, 0.29) is 14.9 Å². The van der Waals surface area contributed by atoms with Crippen molar-refractivity contribution in [3.63, 3.8) is 0 Å². The van der Waals surface area contributed by atoms with Gasteiger partial charge in [-0.1, -0.05) is 42.5 Å². The van der Waals surface area contributed by atoms with E-state index in [1.807, 2.05) is 0 Å². The van der Waals surface area contributed by atoms with E-state index < -0.39 is 0 Å². The summed E-state index contributed by atoms with van der Waals surface area (Å²) in [5, 5.41) is 0. The third-order valence-corrected chi connectivity index (χ3v) is 3.22. The fourth-order valence-corrected chi connectivity index (χ4v) is 2.61. The summed E-state index contributed by atoms with van der Waals surface area (Å²) >= 11 is 0. The van der Waals surface area contributed by atoms with Crippen LogP contribution in [0.5, 0.6) is 0 Å². The Hall–Kier alpha value is 0. The Kier molecular flexibility index (Phi) is 8.58. The largest absolute Gasteiger partial charge is 0.0776 e. The molecule has 0 aromatic heterocycles. The zero-order valence-corrected chi connectivity index (χ0v) is 9.14. The van der Waals surface area contributed by atoms with Crippen LogP contribution in [0.1, 0.15) is 68.2 Å². The maximum Gasteiger partial charge on any atom is -0.0438 e. The molecule has 0 aliphatic heterocycles. The zero-order valence-electron chi connectivity index (χ0n) is 9.14. The Morgan fingerprint density at radius 1 is 0.500 bits per heavy atom. The standard InChI is InChI=1S/2C6H12.2CH4/c2*1-5-3-6(2)4-5;;/h2*5-6H,3-4H2,1-2H3;2*1H4. The molecule has 0 nitrogen and oxygen atoms in total. The summed E-state index contributed by atoms with van der Waals surface area (Å²) in [7, 11) is 0. The summed E-state index contributed by atoms with van der Waals surface area (Å²) in [5.41, 5.74) is 0. The molecule has 0 aromatic carbocycles. The van der Waals surface area contributed by atoms with Gasteiger partial charge >= 0.3 is 0 Å². The van der Waals surface area contributed by atoms with Crippen LogP contribution in [0, 0.1) is 23.7 Å². The van der Waals surface area contributed by atoms with Crippen molar-refractivity contribution in [3.05, 3.63) is 0 Å². The van der Waals surface area contributed by atoms with Crippen molar-refractivity contribution in [1.29, 1.82) is 0 Å². The molecule has 2 fully saturated rings. The molecule has 0 amide bonds. The Bertz CT molecular complexity index is 88.0. The minimum Gasteiger partial charge on any atom is -0.0776 e. The lowest BCUT2D eigenvalue weighted by Crippen LogP contribution is -2.16. The van der Waals surface area contributed by atoms with Crippen molar-refractivity contribution in [2.75, 3.05) is 0 Å². The lowest BCUT2D eigenvalue weighted by molar-refractivity contribution is 0.233. The van der Waals surface area contributed by atoms with Gasteiger partial charge in [-0.05, 0) is 49.4 Å². The molecule has 0 aromatic rings. The van der Waals surface area contributed by atoms with Gasteiger partial charge in [-0.3, -0.25) is 0 Å². The van der Waals surface area contributed by atoms with Gasteiger partial charge in [0, 0.05) is 0 Å². The van der Waals surface area contributed by atoms with Gasteiger partial charge in [0.25, 0.3) is 0 Å². The Balaban J connectivity index is 0. The topological polar surface area (TPSA) is 0 Å². The number of hydrogen-bond donors (Lipinski definition) is 0. The average molecular weight is 200 g/mol. The van der Waals surface area contributed by atoms with Crippen LogP contribution in [-0.2, 0) is 0 Å². The summed E-state index contributed by atoms with van der Waals surface area (Å²) in [6, 6.07) is 0. The molecule has 0 heterocycles. The minimum absolute atomic E-state index is 0. The van der Waals surface area contributed by atoms with Crippen LogP contribution in [-0.4, -0.2) is 0 Å².